The molecule has 1 aliphatic carbocycles. The number of nitrogens with zero attached hydrogens (tertiary/aromatic N) is 5. The third-order valence-corrected chi connectivity index (χ3v) is 10.1. The van der Waals surface area contributed by atoms with Gasteiger partial charge in [0.05, 0.1) is 24.2 Å². The van der Waals surface area contributed by atoms with Crippen molar-refractivity contribution in [2.24, 2.45) is 5.41 Å². The molecule has 45 heavy (non-hydrogen) atoms. The fourth-order valence-electron chi connectivity index (χ4n) is 7.84. The quantitative estimate of drug-likeness (QED) is 0.272. The molecule has 3 aliphatic rings. The van der Waals surface area contributed by atoms with Crippen LogP contribution in [0.2, 0.25) is 0 Å². The molecular weight excluding hydrogens is 576 g/mol. The highest BCUT2D eigenvalue weighted by Crippen LogP contribution is 2.47. The molecule has 2 aliphatic heterocycles. The Labute approximate surface area is 261 Å². The van der Waals surface area contributed by atoms with Gasteiger partial charge in [0.1, 0.15) is 28.6 Å². The minimum atomic E-state index is -0.729. The number of halogens is 2. The van der Waals surface area contributed by atoms with Gasteiger partial charge in [0.15, 0.2) is 5.82 Å². The Hall–Kier alpha value is -4.07. The molecule has 8 nitrogen and oxygen atoms in total. The highest BCUT2D eigenvalue weighted by molar-refractivity contribution is 6.03. The van der Waals surface area contributed by atoms with Gasteiger partial charge in [-0.1, -0.05) is 18.4 Å². The van der Waals surface area contributed by atoms with Crippen LogP contribution in [0.4, 0.5) is 14.6 Å². The number of piperidine rings is 1. The van der Waals surface area contributed by atoms with Gasteiger partial charge in [-0.05, 0) is 76.2 Å². The van der Waals surface area contributed by atoms with Crippen LogP contribution in [0.25, 0.3) is 32.9 Å². The molecule has 3 fully saturated rings. The van der Waals surface area contributed by atoms with E-state index < -0.39 is 11.6 Å². The number of phenolic OH excluding ortho intramolecular Hbond substituents is 1. The van der Waals surface area contributed by atoms with E-state index in [1.54, 1.807) is 0 Å². The van der Waals surface area contributed by atoms with Crippen LogP contribution in [0.5, 0.6) is 11.8 Å². The van der Waals surface area contributed by atoms with Gasteiger partial charge in [0, 0.05) is 47.8 Å². The average molecular weight is 614 g/mol. The van der Waals surface area contributed by atoms with E-state index in [2.05, 4.69) is 39.7 Å². The normalized spacial score (nSPS) is 24.0. The number of fused-ring (bicyclic) bond motifs is 3. The third-order valence-electron chi connectivity index (χ3n) is 10.1. The molecule has 3 atom stereocenters. The van der Waals surface area contributed by atoms with E-state index in [4.69, 9.17) is 20.9 Å². The van der Waals surface area contributed by atoms with Crippen molar-refractivity contribution in [3.8, 4) is 35.4 Å². The van der Waals surface area contributed by atoms with Crippen molar-refractivity contribution in [2.75, 3.05) is 44.9 Å². The highest BCUT2D eigenvalue weighted by Gasteiger charge is 2.47. The van der Waals surface area contributed by atoms with Crippen LogP contribution in [0.15, 0.2) is 30.5 Å². The first-order valence-corrected chi connectivity index (χ1v) is 15.8. The van der Waals surface area contributed by atoms with E-state index in [1.165, 1.54) is 30.5 Å². The van der Waals surface area contributed by atoms with Crippen LogP contribution in [-0.2, 0) is 4.74 Å². The number of anilines is 1. The van der Waals surface area contributed by atoms with Crippen LogP contribution in [0.1, 0.15) is 51.0 Å². The number of pyridine rings is 1. The predicted octanol–water partition coefficient (Wildman–Crippen LogP) is 6.07. The summed E-state index contributed by atoms with van der Waals surface area (Å²) >= 11 is 0. The van der Waals surface area contributed by atoms with E-state index >= 15 is 4.39 Å². The van der Waals surface area contributed by atoms with Crippen molar-refractivity contribution in [1.82, 2.24) is 19.9 Å². The Morgan fingerprint density at radius 2 is 1.98 bits per heavy atom. The molecular formula is C35H37F2N5O3. The molecule has 7 rings (SSSR count). The lowest BCUT2D eigenvalue weighted by atomic mass is 9.76. The maximum Gasteiger partial charge on any atom is 0.319 e. The van der Waals surface area contributed by atoms with Crippen LogP contribution in [-0.4, -0.2) is 77.0 Å². The number of likely N-dealkylation sites (tertiary alicyclic amines) is 1. The van der Waals surface area contributed by atoms with Crippen molar-refractivity contribution in [3.05, 3.63) is 47.7 Å². The van der Waals surface area contributed by atoms with E-state index in [9.17, 15) is 9.50 Å². The molecule has 2 aromatic heterocycles. The van der Waals surface area contributed by atoms with Gasteiger partial charge in [-0.2, -0.15) is 9.97 Å². The van der Waals surface area contributed by atoms with Gasteiger partial charge in [0.25, 0.3) is 0 Å². The number of aromatic hydroxyl groups is 1. The first-order chi connectivity index (χ1) is 21.8. The molecule has 0 spiro atoms. The fraction of sp³-hybridized carbons (Fsp3) is 0.457. The first kappa shape index (κ1) is 29.6. The minimum Gasteiger partial charge on any atom is -0.508 e. The van der Waals surface area contributed by atoms with E-state index in [0.29, 0.717) is 49.0 Å². The molecule has 0 radical (unpaired) electrons. The van der Waals surface area contributed by atoms with Crippen molar-refractivity contribution in [1.29, 1.82) is 0 Å². The Kier molecular flexibility index (Phi) is 7.70. The highest BCUT2D eigenvalue weighted by atomic mass is 19.1. The average Bonchev–Trinajstić information content (AvgIpc) is 3.36. The Morgan fingerprint density at radius 1 is 1.13 bits per heavy atom. The monoisotopic (exact) mass is 613 g/mol. The summed E-state index contributed by atoms with van der Waals surface area (Å²) in [6, 6.07) is 6.17. The largest absolute Gasteiger partial charge is 0.508 e. The number of phenols is 1. The minimum absolute atomic E-state index is 0.00728. The summed E-state index contributed by atoms with van der Waals surface area (Å²) in [6.45, 7) is 5.32. The van der Waals surface area contributed by atoms with Crippen molar-refractivity contribution in [3.63, 3.8) is 0 Å². The maximum atomic E-state index is 16.8. The topological polar surface area (TPSA) is 83.8 Å². The summed E-state index contributed by atoms with van der Waals surface area (Å²) in [7, 11) is 2.18. The zero-order chi connectivity index (χ0) is 31.3. The van der Waals surface area contributed by atoms with Gasteiger partial charge in [-0.25, -0.2) is 8.78 Å². The standard InChI is InChI=1S/C35H37F2N5O3/c1-4-24-27(36)9-8-22-17-23(43)18-25(29(22)24)31-30(37)32-26(19-38-31)33(42-14-16-44-15-10-21(42)2)40-34(39-32)45-20-35-11-5-7-28(35)41(3)13-6-12-35/h1,8-9,17-19,21,28,43H,5-7,10-16,20H2,2-3H3. The van der Waals surface area contributed by atoms with Gasteiger partial charge < -0.3 is 24.4 Å². The number of terminal acetylenes is 1. The summed E-state index contributed by atoms with van der Waals surface area (Å²) in [5, 5.41) is 11.7. The van der Waals surface area contributed by atoms with E-state index in [1.807, 2.05) is 0 Å². The molecule has 4 aromatic rings. The summed E-state index contributed by atoms with van der Waals surface area (Å²) in [4.78, 5) is 18.6. The molecule has 2 saturated heterocycles. The van der Waals surface area contributed by atoms with Gasteiger partial charge in [0.2, 0.25) is 0 Å². The summed E-state index contributed by atoms with van der Waals surface area (Å²) in [5.74, 6) is 1.45. The lowest BCUT2D eigenvalue weighted by Crippen LogP contribution is -2.50. The number of hydrogen-bond acceptors (Lipinski definition) is 8. The van der Waals surface area contributed by atoms with Crippen molar-refractivity contribution in [2.45, 2.75) is 57.5 Å². The Morgan fingerprint density at radius 3 is 2.82 bits per heavy atom. The molecule has 4 heterocycles. The van der Waals surface area contributed by atoms with Crippen LogP contribution in [0.3, 0.4) is 0 Å². The van der Waals surface area contributed by atoms with Crippen molar-refractivity contribution < 1.29 is 23.4 Å². The van der Waals surface area contributed by atoms with Gasteiger partial charge >= 0.3 is 6.01 Å². The smallest absolute Gasteiger partial charge is 0.319 e. The summed E-state index contributed by atoms with van der Waals surface area (Å²) < 4.78 is 43.8. The first-order valence-electron chi connectivity index (χ1n) is 15.8. The van der Waals surface area contributed by atoms with Crippen LogP contribution in [0, 0.1) is 29.4 Å². The molecule has 2 aromatic carbocycles. The Balaban J connectivity index is 1.39. The second kappa shape index (κ2) is 11.7. The summed E-state index contributed by atoms with van der Waals surface area (Å²) in [5.41, 5.74) is 0.0877. The molecule has 234 valence electrons. The molecule has 0 amide bonds. The van der Waals surface area contributed by atoms with E-state index in [0.717, 1.165) is 45.1 Å². The van der Waals surface area contributed by atoms with Gasteiger partial charge in [-0.3, -0.25) is 4.98 Å². The molecule has 3 unspecified atom stereocenters. The van der Waals surface area contributed by atoms with E-state index in [-0.39, 0.29) is 50.9 Å². The summed E-state index contributed by atoms with van der Waals surface area (Å²) in [6.07, 6.45) is 13.6. The number of ether oxygens (including phenoxy) is 2. The number of benzene rings is 2. The maximum absolute atomic E-state index is 16.8. The second-order valence-corrected chi connectivity index (χ2v) is 12.8. The number of aromatic nitrogens is 3. The zero-order valence-electron chi connectivity index (χ0n) is 25.7. The molecule has 10 heteroatoms. The molecule has 1 N–H and O–H groups in total. The van der Waals surface area contributed by atoms with Crippen LogP contribution >= 0.6 is 0 Å². The molecule has 1 saturated carbocycles. The number of rotatable bonds is 5. The molecule has 0 bridgehead atoms. The fourth-order valence-corrected chi connectivity index (χ4v) is 7.84. The third kappa shape index (κ3) is 5.12. The predicted molar refractivity (Wildman–Crippen MR) is 169 cm³/mol. The second-order valence-electron chi connectivity index (χ2n) is 12.8. The lowest BCUT2D eigenvalue weighted by Gasteiger charge is -2.44. The van der Waals surface area contributed by atoms with Gasteiger partial charge in [-0.15, -0.1) is 6.42 Å². The lowest BCUT2D eigenvalue weighted by molar-refractivity contribution is 0.0133. The SMILES string of the molecule is C#Cc1c(F)ccc2cc(O)cc(-c3ncc4c(N5CCOCCC5C)nc(OCC56CCCC5N(C)CCC6)nc4c3F)c12. The van der Waals surface area contributed by atoms with Crippen LogP contribution < -0.4 is 9.64 Å². The van der Waals surface area contributed by atoms with Crippen molar-refractivity contribution >= 4 is 27.5 Å². The number of hydrogen-bond donors (Lipinski definition) is 1. The zero-order valence-corrected chi connectivity index (χ0v) is 25.7. The Bertz CT molecular complexity index is 1830.